The van der Waals surface area contributed by atoms with E-state index in [4.69, 9.17) is 9.47 Å². The molecule has 0 radical (unpaired) electrons. The number of aromatic nitrogens is 2. The Morgan fingerprint density at radius 3 is 2.70 bits per heavy atom. The predicted molar refractivity (Wildman–Crippen MR) is 103 cm³/mol. The van der Waals surface area contributed by atoms with E-state index in [9.17, 15) is 18.0 Å². The Balaban J connectivity index is 1.69. The molecule has 6 nitrogen and oxygen atoms in total. The van der Waals surface area contributed by atoms with Crippen LogP contribution in [0.15, 0.2) is 54.7 Å². The van der Waals surface area contributed by atoms with Crippen molar-refractivity contribution in [2.75, 3.05) is 25.2 Å². The fourth-order valence-corrected chi connectivity index (χ4v) is 3.10. The summed E-state index contributed by atoms with van der Waals surface area (Å²) in [5, 5.41) is 0. The number of rotatable bonds is 3. The largest absolute Gasteiger partial charge is 0.497 e. The third-order valence-corrected chi connectivity index (χ3v) is 4.60. The van der Waals surface area contributed by atoms with Gasteiger partial charge in [0.15, 0.2) is 5.82 Å². The van der Waals surface area contributed by atoms with Crippen molar-refractivity contribution in [2.24, 2.45) is 0 Å². The van der Waals surface area contributed by atoms with Crippen molar-refractivity contribution >= 4 is 11.6 Å². The lowest BCUT2D eigenvalue weighted by molar-refractivity contribution is -0.137. The van der Waals surface area contributed by atoms with Gasteiger partial charge in [-0.05, 0) is 30.3 Å². The summed E-state index contributed by atoms with van der Waals surface area (Å²) in [4.78, 5) is 22.8. The highest BCUT2D eigenvalue weighted by Crippen LogP contribution is 2.33. The molecule has 4 rings (SSSR count). The minimum absolute atomic E-state index is 0.0730. The van der Waals surface area contributed by atoms with Crippen molar-refractivity contribution in [1.82, 2.24) is 9.97 Å². The molecule has 0 aliphatic carbocycles. The summed E-state index contributed by atoms with van der Waals surface area (Å²) in [6.45, 7) is 0.147. The number of hydrogen-bond acceptors (Lipinski definition) is 5. The number of amides is 1. The quantitative estimate of drug-likeness (QED) is 0.641. The number of fused-ring (bicyclic) bond motifs is 1. The average molecular weight is 415 g/mol. The lowest BCUT2D eigenvalue weighted by Gasteiger charge is -2.21. The van der Waals surface area contributed by atoms with Gasteiger partial charge in [-0.3, -0.25) is 4.79 Å². The number of halogens is 3. The van der Waals surface area contributed by atoms with Gasteiger partial charge < -0.3 is 14.4 Å². The van der Waals surface area contributed by atoms with Gasteiger partial charge in [-0.1, -0.05) is 18.2 Å². The van der Waals surface area contributed by atoms with E-state index in [1.807, 2.05) is 0 Å². The summed E-state index contributed by atoms with van der Waals surface area (Å²) in [6.07, 6.45) is -3.18. The molecule has 0 unspecified atom stereocenters. The van der Waals surface area contributed by atoms with Gasteiger partial charge in [0.05, 0.1) is 19.2 Å². The molecule has 0 spiro atoms. The maximum atomic E-state index is 13.1. The van der Waals surface area contributed by atoms with Gasteiger partial charge in [0.25, 0.3) is 5.91 Å². The highest BCUT2D eigenvalue weighted by Gasteiger charge is 2.32. The Labute approximate surface area is 169 Å². The number of hydrogen-bond donors (Lipinski definition) is 0. The molecule has 2 heterocycles. The summed E-state index contributed by atoms with van der Waals surface area (Å²) in [6, 6.07) is 11.7. The topological polar surface area (TPSA) is 64.6 Å². The Bertz CT molecular complexity index is 1100. The summed E-state index contributed by atoms with van der Waals surface area (Å²) in [5.41, 5.74) is 0.0506. The van der Waals surface area contributed by atoms with Gasteiger partial charge in [-0.2, -0.15) is 18.2 Å². The Kier molecular flexibility index (Phi) is 5.03. The number of benzene rings is 2. The number of carbonyl (C=O) groups excluding carboxylic acids is 1. The van der Waals surface area contributed by atoms with E-state index in [1.165, 1.54) is 23.2 Å². The number of methoxy groups -OCH3 is 1. The fraction of sp³-hybridized carbons (Fsp3) is 0.190. The highest BCUT2D eigenvalue weighted by molar-refractivity contribution is 6.07. The van der Waals surface area contributed by atoms with Crippen LogP contribution < -0.4 is 14.4 Å². The molecule has 0 N–H and O–H groups in total. The molecular weight excluding hydrogens is 399 g/mol. The SMILES string of the molecule is COc1cccc(-c2ncc3c(n2)OCCN(c2cccc(C(F)(F)F)c2)C3=O)c1. The number of ether oxygens (including phenoxy) is 2. The molecule has 2 aromatic carbocycles. The van der Waals surface area contributed by atoms with Crippen LogP contribution in [0.2, 0.25) is 0 Å². The van der Waals surface area contributed by atoms with Crippen LogP contribution in [0, 0.1) is 0 Å². The van der Waals surface area contributed by atoms with E-state index in [0.29, 0.717) is 17.1 Å². The number of carbonyl (C=O) groups is 1. The first kappa shape index (κ1) is 19.7. The minimum atomic E-state index is -4.51. The van der Waals surface area contributed by atoms with Crippen molar-refractivity contribution in [2.45, 2.75) is 6.18 Å². The molecular formula is C21H16F3N3O3. The summed E-state index contributed by atoms with van der Waals surface area (Å²) >= 11 is 0. The number of alkyl halides is 3. The third kappa shape index (κ3) is 3.78. The third-order valence-electron chi connectivity index (χ3n) is 4.60. The van der Waals surface area contributed by atoms with Gasteiger partial charge in [0, 0.05) is 17.4 Å². The van der Waals surface area contributed by atoms with E-state index in [1.54, 1.807) is 31.4 Å². The van der Waals surface area contributed by atoms with Gasteiger partial charge in [-0.15, -0.1) is 0 Å². The minimum Gasteiger partial charge on any atom is -0.497 e. The smallest absolute Gasteiger partial charge is 0.416 e. The lowest BCUT2D eigenvalue weighted by atomic mass is 10.1. The molecule has 1 aliphatic heterocycles. The Morgan fingerprint density at radius 2 is 1.93 bits per heavy atom. The fourth-order valence-electron chi connectivity index (χ4n) is 3.10. The second-order valence-corrected chi connectivity index (χ2v) is 6.50. The van der Waals surface area contributed by atoms with Crippen LogP contribution in [0.4, 0.5) is 18.9 Å². The van der Waals surface area contributed by atoms with Crippen LogP contribution in [0.1, 0.15) is 15.9 Å². The van der Waals surface area contributed by atoms with Crippen LogP contribution in [0.3, 0.4) is 0 Å². The van der Waals surface area contributed by atoms with Crippen LogP contribution in [-0.4, -0.2) is 36.1 Å². The van der Waals surface area contributed by atoms with Crippen molar-refractivity contribution in [1.29, 1.82) is 0 Å². The molecule has 1 aliphatic rings. The number of anilines is 1. The zero-order valence-electron chi connectivity index (χ0n) is 15.8. The molecule has 1 aromatic heterocycles. The maximum absolute atomic E-state index is 13.1. The highest BCUT2D eigenvalue weighted by atomic mass is 19.4. The van der Waals surface area contributed by atoms with Crippen molar-refractivity contribution in [3.8, 4) is 23.0 Å². The first-order valence-electron chi connectivity index (χ1n) is 9.00. The molecule has 0 saturated heterocycles. The summed E-state index contributed by atoms with van der Waals surface area (Å²) in [7, 11) is 1.54. The molecule has 1 amide bonds. The average Bonchev–Trinajstić information content (AvgIpc) is 2.91. The first-order chi connectivity index (χ1) is 14.4. The first-order valence-corrected chi connectivity index (χ1v) is 9.00. The predicted octanol–water partition coefficient (Wildman–Crippen LogP) is 4.21. The zero-order chi connectivity index (χ0) is 21.3. The second kappa shape index (κ2) is 7.66. The normalized spacial score (nSPS) is 14.0. The summed E-state index contributed by atoms with van der Waals surface area (Å²) in [5.74, 6) is 0.521. The Morgan fingerprint density at radius 1 is 1.13 bits per heavy atom. The van der Waals surface area contributed by atoms with Crippen molar-refractivity contribution in [3.05, 3.63) is 65.9 Å². The second-order valence-electron chi connectivity index (χ2n) is 6.50. The van der Waals surface area contributed by atoms with Crippen LogP contribution in [0.5, 0.6) is 11.6 Å². The molecule has 3 aromatic rings. The van der Waals surface area contributed by atoms with E-state index in [-0.39, 0.29) is 30.3 Å². The van der Waals surface area contributed by atoms with Crippen molar-refractivity contribution < 1.29 is 27.4 Å². The maximum Gasteiger partial charge on any atom is 0.416 e. The molecule has 0 bridgehead atoms. The van der Waals surface area contributed by atoms with Crippen LogP contribution >= 0.6 is 0 Å². The van der Waals surface area contributed by atoms with Crippen LogP contribution in [0.25, 0.3) is 11.4 Å². The van der Waals surface area contributed by atoms with Crippen molar-refractivity contribution in [3.63, 3.8) is 0 Å². The van der Waals surface area contributed by atoms with Gasteiger partial charge in [-0.25, -0.2) is 4.98 Å². The van der Waals surface area contributed by atoms with Gasteiger partial charge in [0.2, 0.25) is 5.88 Å². The van der Waals surface area contributed by atoms with E-state index in [2.05, 4.69) is 9.97 Å². The van der Waals surface area contributed by atoms with Crippen LogP contribution in [-0.2, 0) is 6.18 Å². The standard InChI is InChI=1S/C21H16F3N3O3/c1-29-16-7-2-4-13(10-16)18-25-12-17-19(26-18)30-9-8-27(20(17)28)15-6-3-5-14(11-15)21(22,23)24/h2-7,10-12H,8-9H2,1H3. The monoisotopic (exact) mass is 415 g/mol. The lowest BCUT2D eigenvalue weighted by Crippen LogP contribution is -2.32. The van der Waals surface area contributed by atoms with Gasteiger partial charge in [0.1, 0.15) is 17.9 Å². The molecule has 0 atom stereocenters. The molecule has 0 fully saturated rings. The molecule has 154 valence electrons. The molecule has 9 heteroatoms. The molecule has 0 saturated carbocycles. The molecule has 30 heavy (non-hydrogen) atoms. The van der Waals surface area contributed by atoms with Gasteiger partial charge >= 0.3 is 6.18 Å². The summed E-state index contributed by atoms with van der Waals surface area (Å²) < 4.78 is 50.0. The van der Waals surface area contributed by atoms with E-state index >= 15 is 0 Å². The number of nitrogens with zero attached hydrogens (tertiary/aromatic N) is 3. The van der Waals surface area contributed by atoms with E-state index in [0.717, 1.165) is 12.1 Å². The Hall–Kier alpha value is -3.62. The van der Waals surface area contributed by atoms with E-state index < -0.39 is 17.6 Å². The zero-order valence-corrected chi connectivity index (χ0v) is 15.8.